The summed E-state index contributed by atoms with van der Waals surface area (Å²) in [5.41, 5.74) is 8.58. The molecule has 4 nitrogen and oxygen atoms in total. The minimum absolute atomic E-state index is 0.480. The van der Waals surface area contributed by atoms with E-state index in [1.807, 2.05) is 12.1 Å². The summed E-state index contributed by atoms with van der Waals surface area (Å²) < 4.78 is 0. The minimum atomic E-state index is 0.480. The number of hydrogen-bond acceptors (Lipinski definition) is 3. The molecule has 0 atom stereocenters. The van der Waals surface area contributed by atoms with Gasteiger partial charge in [-0.15, -0.1) is 0 Å². The maximum absolute atomic E-state index is 5.32. The Morgan fingerprint density at radius 1 is 1.11 bits per heavy atom. The van der Waals surface area contributed by atoms with Gasteiger partial charge < -0.3 is 10.2 Å². The molecule has 0 heterocycles. The third kappa shape index (κ3) is 6.36. The number of thiocarbonyl (C=S) groups is 1. The van der Waals surface area contributed by atoms with Gasteiger partial charge in [0.25, 0.3) is 0 Å². The predicted octanol–water partition coefficient (Wildman–Crippen LogP) is 5.25. The van der Waals surface area contributed by atoms with E-state index >= 15 is 0 Å². The Labute approximate surface area is 168 Å². The van der Waals surface area contributed by atoms with Gasteiger partial charge in [0.05, 0.1) is 6.21 Å². The van der Waals surface area contributed by atoms with E-state index in [1.54, 1.807) is 6.21 Å². The molecular formula is C22H30N4S. The number of rotatable bonds is 8. The minimum Gasteiger partial charge on any atom is -0.372 e. The van der Waals surface area contributed by atoms with Crippen molar-refractivity contribution in [2.75, 3.05) is 23.3 Å². The third-order valence-electron chi connectivity index (χ3n) is 4.65. The van der Waals surface area contributed by atoms with Gasteiger partial charge in [-0.2, -0.15) is 5.10 Å². The molecule has 0 saturated carbocycles. The fourth-order valence-electron chi connectivity index (χ4n) is 2.79. The molecule has 0 fully saturated rings. The normalized spacial score (nSPS) is 10.8. The third-order valence-corrected chi connectivity index (χ3v) is 4.85. The molecule has 0 aliphatic heterocycles. The van der Waals surface area contributed by atoms with E-state index in [-0.39, 0.29) is 0 Å². The van der Waals surface area contributed by atoms with E-state index < -0.39 is 0 Å². The van der Waals surface area contributed by atoms with Gasteiger partial charge in [-0.3, -0.25) is 5.43 Å². The van der Waals surface area contributed by atoms with E-state index in [0.717, 1.165) is 24.3 Å². The zero-order chi connectivity index (χ0) is 19.6. The van der Waals surface area contributed by atoms with Crippen molar-refractivity contribution in [3.05, 3.63) is 59.2 Å². The first-order valence-corrected chi connectivity index (χ1v) is 9.97. The number of aryl methyl sites for hydroxylation is 1. The van der Waals surface area contributed by atoms with Crippen LogP contribution in [-0.2, 0) is 0 Å². The number of nitrogens with one attached hydrogen (secondary N) is 2. The highest BCUT2D eigenvalue weighted by Crippen LogP contribution is 2.18. The number of hydrogen-bond donors (Lipinski definition) is 2. The van der Waals surface area contributed by atoms with Crippen molar-refractivity contribution >= 4 is 34.9 Å². The summed E-state index contributed by atoms with van der Waals surface area (Å²) in [7, 11) is 0. The Bertz CT molecular complexity index is 768. The zero-order valence-corrected chi connectivity index (χ0v) is 17.6. The van der Waals surface area contributed by atoms with Gasteiger partial charge in [0, 0.05) is 24.5 Å². The number of hydrazone groups is 1. The lowest BCUT2D eigenvalue weighted by Crippen LogP contribution is -2.24. The van der Waals surface area contributed by atoms with E-state index in [2.05, 4.69) is 78.8 Å². The Morgan fingerprint density at radius 2 is 1.85 bits per heavy atom. The molecule has 144 valence electrons. The number of anilines is 2. The van der Waals surface area contributed by atoms with Gasteiger partial charge in [0.2, 0.25) is 0 Å². The molecule has 0 aromatic heterocycles. The second-order valence-corrected chi connectivity index (χ2v) is 7.00. The number of nitrogens with zero attached hydrogens (tertiary/aromatic N) is 2. The topological polar surface area (TPSA) is 39.7 Å². The molecule has 27 heavy (non-hydrogen) atoms. The van der Waals surface area contributed by atoms with Gasteiger partial charge in [-0.05, 0) is 74.3 Å². The molecule has 0 aliphatic rings. The van der Waals surface area contributed by atoms with Gasteiger partial charge in [-0.1, -0.05) is 37.6 Å². The molecule has 0 saturated heterocycles. The first-order valence-electron chi connectivity index (χ1n) is 9.56. The van der Waals surface area contributed by atoms with Crippen molar-refractivity contribution in [3.8, 4) is 0 Å². The standard InChI is InChI=1S/C22H30N4S/c1-5-7-15-26(6-2)20-13-11-19(12-14-20)16-23-25-22(27)24-21-10-8-9-17(3)18(21)4/h8-14,16H,5-7,15H2,1-4H3,(H2,24,25,27)/b23-16+. The highest BCUT2D eigenvalue weighted by atomic mass is 32.1. The fraction of sp³-hybridized carbons (Fsp3) is 0.364. The summed E-state index contributed by atoms with van der Waals surface area (Å²) in [4.78, 5) is 2.39. The summed E-state index contributed by atoms with van der Waals surface area (Å²) >= 11 is 5.32. The van der Waals surface area contributed by atoms with Crippen LogP contribution in [0.5, 0.6) is 0 Å². The highest BCUT2D eigenvalue weighted by molar-refractivity contribution is 7.80. The van der Waals surface area contributed by atoms with E-state index in [9.17, 15) is 0 Å². The van der Waals surface area contributed by atoms with Crippen molar-refractivity contribution < 1.29 is 0 Å². The molecule has 0 spiro atoms. The molecule has 2 rings (SSSR count). The lowest BCUT2D eigenvalue weighted by atomic mass is 10.1. The second-order valence-electron chi connectivity index (χ2n) is 6.60. The molecule has 0 aliphatic carbocycles. The van der Waals surface area contributed by atoms with Crippen LogP contribution in [0.1, 0.15) is 43.4 Å². The average molecular weight is 383 g/mol. The number of unbranched alkanes of at least 4 members (excludes halogenated alkanes) is 1. The van der Waals surface area contributed by atoms with E-state index in [0.29, 0.717) is 5.11 Å². The predicted molar refractivity (Wildman–Crippen MR) is 122 cm³/mol. The molecule has 2 aromatic rings. The Kier molecular flexibility index (Phi) is 8.27. The molecule has 0 unspecified atom stereocenters. The lowest BCUT2D eigenvalue weighted by molar-refractivity contribution is 0.732. The number of benzene rings is 2. The van der Waals surface area contributed by atoms with Crippen LogP contribution < -0.4 is 15.6 Å². The molecular weight excluding hydrogens is 352 g/mol. The van der Waals surface area contributed by atoms with Crippen LogP contribution in [-0.4, -0.2) is 24.4 Å². The van der Waals surface area contributed by atoms with Gasteiger partial charge in [0.1, 0.15) is 0 Å². The van der Waals surface area contributed by atoms with Crippen molar-refractivity contribution in [1.29, 1.82) is 0 Å². The maximum atomic E-state index is 5.32. The van der Waals surface area contributed by atoms with Crippen LogP contribution >= 0.6 is 12.2 Å². The van der Waals surface area contributed by atoms with Crippen molar-refractivity contribution in [1.82, 2.24) is 5.43 Å². The van der Waals surface area contributed by atoms with Gasteiger partial charge in [0.15, 0.2) is 5.11 Å². The smallest absolute Gasteiger partial charge is 0.191 e. The SMILES string of the molecule is CCCCN(CC)c1ccc(/C=N/NC(=S)Nc2cccc(C)c2C)cc1. The van der Waals surface area contributed by atoms with Crippen molar-refractivity contribution in [2.24, 2.45) is 5.10 Å². The zero-order valence-electron chi connectivity index (χ0n) is 16.7. The monoisotopic (exact) mass is 382 g/mol. The Balaban J connectivity index is 1.90. The molecule has 2 aromatic carbocycles. The molecule has 2 N–H and O–H groups in total. The van der Waals surface area contributed by atoms with Crippen LogP contribution in [0.25, 0.3) is 0 Å². The quantitative estimate of drug-likeness (QED) is 0.372. The van der Waals surface area contributed by atoms with Crippen molar-refractivity contribution in [3.63, 3.8) is 0 Å². The van der Waals surface area contributed by atoms with Crippen LogP contribution in [0.3, 0.4) is 0 Å². The lowest BCUT2D eigenvalue weighted by Gasteiger charge is -2.22. The van der Waals surface area contributed by atoms with Crippen molar-refractivity contribution in [2.45, 2.75) is 40.5 Å². The summed E-state index contributed by atoms with van der Waals surface area (Å²) in [5, 5.41) is 7.91. The van der Waals surface area contributed by atoms with Gasteiger partial charge >= 0.3 is 0 Å². The molecule has 0 bridgehead atoms. The van der Waals surface area contributed by atoms with E-state index in [4.69, 9.17) is 12.2 Å². The summed E-state index contributed by atoms with van der Waals surface area (Å²) in [6, 6.07) is 14.6. The summed E-state index contributed by atoms with van der Waals surface area (Å²) in [5.74, 6) is 0. The first-order chi connectivity index (χ1) is 13.0. The molecule has 5 heteroatoms. The van der Waals surface area contributed by atoms with Gasteiger partial charge in [-0.25, -0.2) is 0 Å². The highest BCUT2D eigenvalue weighted by Gasteiger charge is 2.04. The average Bonchev–Trinajstić information content (AvgIpc) is 2.67. The van der Waals surface area contributed by atoms with Crippen LogP contribution in [0.15, 0.2) is 47.6 Å². The maximum Gasteiger partial charge on any atom is 0.191 e. The van der Waals surface area contributed by atoms with Crippen LogP contribution in [0.4, 0.5) is 11.4 Å². The summed E-state index contributed by atoms with van der Waals surface area (Å²) in [6.45, 7) is 10.7. The first kappa shape index (κ1) is 20.9. The Morgan fingerprint density at radius 3 is 2.52 bits per heavy atom. The summed E-state index contributed by atoms with van der Waals surface area (Å²) in [6.07, 6.45) is 4.21. The Hall–Kier alpha value is -2.40. The molecule has 0 radical (unpaired) electrons. The second kappa shape index (κ2) is 10.7. The fourth-order valence-corrected chi connectivity index (χ4v) is 2.95. The largest absolute Gasteiger partial charge is 0.372 e. The van der Waals surface area contributed by atoms with Crippen LogP contribution in [0, 0.1) is 13.8 Å². The van der Waals surface area contributed by atoms with E-state index in [1.165, 1.54) is 29.7 Å². The molecule has 0 amide bonds. The van der Waals surface area contributed by atoms with Crippen LogP contribution in [0.2, 0.25) is 0 Å².